The highest BCUT2D eigenvalue weighted by Crippen LogP contribution is 2.38. The van der Waals surface area contributed by atoms with Crippen LogP contribution in [0.15, 0.2) is 34.9 Å². The van der Waals surface area contributed by atoms with Gasteiger partial charge in [-0.05, 0) is 58.4 Å². The fourth-order valence-electron chi connectivity index (χ4n) is 4.93. The first-order valence-electron chi connectivity index (χ1n) is 11.0. The number of piperidine rings is 1. The Morgan fingerprint density at radius 1 is 1.17 bits per heavy atom. The van der Waals surface area contributed by atoms with Crippen LogP contribution in [0.1, 0.15) is 56.8 Å². The van der Waals surface area contributed by atoms with Gasteiger partial charge in [-0.3, -0.25) is 14.5 Å². The molecule has 2 saturated heterocycles. The molecular formula is C24H33N3O3. The number of nitrogens with zero attached hydrogens (tertiary/aromatic N) is 2. The molecule has 2 unspecified atom stereocenters. The molecule has 2 atom stereocenters. The quantitative estimate of drug-likeness (QED) is 0.815. The van der Waals surface area contributed by atoms with Crippen LogP contribution in [-0.4, -0.2) is 59.4 Å². The third-order valence-corrected chi connectivity index (χ3v) is 6.96. The monoisotopic (exact) mass is 411 g/mol. The number of furan rings is 1. The van der Waals surface area contributed by atoms with Gasteiger partial charge in [-0.25, -0.2) is 0 Å². The predicted octanol–water partition coefficient (Wildman–Crippen LogP) is 3.66. The van der Waals surface area contributed by atoms with E-state index in [2.05, 4.69) is 31.0 Å². The maximum Gasteiger partial charge on any atom is 0.255 e. The zero-order valence-corrected chi connectivity index (χ0v) is 18.5. The zero-order valence-electron chi connectivity index (χ0n) is 18.5. The number of para-hydroxylation sites is 1. The molecule has 4 rings (SSSR count). The van der Waals surface area contributed by atoms with E-state index in [1.54, 1.807) is 6.26 Å². The summed E-state index contributed by atoms with van der Waals surface area (Å²) in [6, 6.07) is 8.49. The Morgan fingerprint density at radius 2 is 1.83 bits per heavy atom. The van der Waals surface area contributed by atoms with Gasteiger partial charge in [0.05, 0.1) is 12.1 Å². The third-order valence-electron chi connectivity index (χ3n) is 6.96. The first-order valence-corrected chi connectivity index (χ1v) is 11.0. The summed E-state index contributed by atoms with van der Waals surface area (Å²) in [6.07, 6.45) is 5.91. The number of amides is 2. The van der Waals surface area contributed by atoms with E-state index in [1.165, 1.54) is 0 Å². The minimum Gasteiger partial charge on any atom is -0.463 e. The molecule has 3 heterocycles. The van der Waals surface area contributed by atoms with Crippen LogP contribution in [0.3, 0.4) is 0 Å². The van der Waals surface area contributed by atoms with Gasteiger partial charge in [0.25, 0.3) is 5.91 Å². The van der Waals surface area contributed by atoms with E-state index in [4.69, 9.17) is 4.42 Å². The molecule has 1 aromatic carbocycles. The van der Waals surface area contributed by atoms with E-state index < -0.39 is 0 Å². The first-order chi connectivity index (χ1) is 14.2. The van der Waals surface area contributed by atoms with Crippen LogP contribution < -0.4 is 5.32 Å². The Morgan fingerprint density at radius 3 is 2.50 bits per heavy atom. The molecular weight excluding hydrogens is 378 g/mol. The summed E-state index contributed by atoms with van der Waals surface area (Å²) in [5.41, 5.74) is 1.18. The molecule has 1 N–H and O–H groups in total. The molecule has 162 valence electrons. The number of benzene rings is 1. The van der Waals surface area contributed by atoms with Gasteiger partial charge in [0.15, 0.2) is 0 Å². The molecule has 2 fully saturated rings. The van der Waals surface area contributed by atoms with E-state index in [9.17, 15) is 9.59 Å². The van der Waals surface area contributed by atoms with Crippen LogP contribution in [0, 0.1) is 5.92 Å². The Balaban J connectivity index is 1.32. The topological polar surface area (TPSA) is 65.8 Å². The molecule has 6 heteroatoms. The number of hydrogen-bond donors (Lipinski definition) is 1. The zero-order chi connectivity index (χ0) is 21.5. The van der Waals surface area contributed by atoms with Crippen LogP contribution in [0.2, 0.25) is 0 Å². The van der Waals surface area contributed by atoms with Gasteiger partial charge >= 0.3 is 0 Å². The average molecular weight is 412 g/mol. The number of rotatable bonds is 5. The summed E-state index contributed by atoms with van der Waals surface area (Å²) in [5.74, 6) is 0.575. The lowest BCUT2D eigenvalue weighted by Crippen LogP contribution is -2.52. The highest BCUT2D eigenvalue weighted by Gasteiger charge is 2.42. The molecule has 0 spiro atoms. The van der Waals surface area contributed by atoms with Gasteiger partial charge in [-0.2, -0.15) is 0 Å². The van der Waals surface area contributed by atoms with Gasteiger partial charge in [0.2, 0.25) is 5.91 Å². The van der Waals surface area contributed by atoms with Crippen molar-refractivity contribution in [3.8, 4) is 0 Å². The third kappa shape index (κ3) is 4.10. The number of hydrogen-bond acceptors (Lipinski definition) is 4. The fourth-order valence-corrected chi connectivity index (χ4v) is 4.93. The molecule has 30 heavy (non-hydrogen) atoms. The molecule has 0 saturated carbocycles. The number of likely N-dealkylation sites (N-methyl/N-ethyl adjacent to an activating group) is 1. The van der Waals surface area contributed by atoms with Crippen LogP contribution in [0.4, 0.5) is 0 Å². The highest BCUT2D eigenvalue weighted by atomic mass is 16.3. The number of fused-ring (bicyclic) bond motifs is 3. The fraction of sp³-hybridized carbons (Fsp3) is 0.583. The lowest BCUT2D eigenvalue weighted by molar-refractivity contribution is -0.136. The SMILES string of the molecule is CN(C(=O)CN1C2CCC1CC(CNC(=O)c1coc3ccccc13)C2)C(C)(C)C. The molecule has 2 aromatic rings. The summed E-state index contributed by atoms with van der Waals surface area (Å²) >= 11 is 0. The van der Waals surface area contributed by atoms with E-state index in [0.29, 0.717) is 36.7 Å². The van der Waals surface area contributed by atoms with Gasteiger partial charge in [0.1, 0.15) is 11.8 Å². The molecule has 2 bridgehead atoms. The summed E-state index contributed by atoms with van der Waals surface area (Å²) in [5, 5.41) is 3.97. The molecule has 6 nitrogen and oxygen atoms in total. The molecule has 2 amide bonds. The van der Waals surface area contributed by atoms with Gasteiger partial charge in [0, 0.05) is 36.6 Å². The minimum atomic E-state index is -0.157. The van der Waals surface area contributed by atoms with Crippen molar-refractivity contribution in [3.63, 3.8) is 0 Å². The van der Waals surface area contributed by atoms with Crippen LogP contribution in [0.25, 0.3) is 11.0 Å². The van der Waals surface area contributed by atoms with E-state index in [0.717, 1.165) is 36.7 Å². The second kappa shape index (κ2) is 8.06. The van der Waals surface area contributed by atoms with Crippen molar-refractivity contribution in [1.82, 2.24) is 15.1 Å². The normalized spacial score (nSPS) is 24.2. The van der Waals surface area contributed by atoms with E-state index in [1.807, 2.05) is 36.2 Å². The predicted molar refractivity (Wildman–Crippen MR) is 117 cm³/mol. The summed E-state index contributed by atoms with van der Waals surface area (Å²) < 4.78 is 5.50. The molecule has 0 radical (unpaired) electrons. The Bertz CT molecular complexity index is 915. The number of carbonyl (C=O) groups is 2. The Kier molecular flexibility index (Phi) is 5.62. The number of nitrogens with one attached hydrogen (secondary N) is 1. The minimum absolute atomic E-state index is 0.0725. The Labute approximate surface area is 178 Å². The van der Waals surface area contributed by atoms with Crippen molar-refractivity contribution < 1.29 is 14.0 Å². The summed E-state index contributed by atoms with van der Waals surface area (Å²) in [7, 11) is 1.89. The van der Waals surface area contributed by atoms with Gasteiger partial charge < -0.3 is 14.6 Å². The van der Waals surface area contributed by atoms with Gasteiger partial charge in [-0.15, -0.1) is 0 Å². The smallest absolute Gasteiger partial charge is 0.255 e. The second-order valence-corrected chi connectivity index (χ2v) is 9.87. The van der Waals surface area contributed by atoms with Crippen LogP contribution >= 0.6 is 0 Å². The lowest BCUT2D eigenvalue weighted by Gasteiger charge is -2.40. The molecule has 1 aromatic heterocycles. The standard InChI is InChI=1S/C24H33N3O3/c1-24(2,3)26(4)22(28)14-27-17-9-10-18(27)12-16(11-17)13-25-23(29)20-15-30-21-8-6-5-7-19(20)21/h5-8,15-18H,9-14H2,1-4H3,(H,25,29). The molecule has 2 aliphatic heterocycles. The Hall–Kier alpha value is -2.34. The van der Waals surface area contributed by atoms with Crippen molar-refractivity contribution in [2.24, 2.45) is 5.92 Å². The molecule has 0 aliphatic carbocycles. The van der Waals surface area contributed by atoms with Crippen molar-refractivity contribution in [2.45, 2.75) is 64.1 Å². The van der Waals surface area contributed by atoms with Crippen LogP contribution in [0.5, 0.6) is 0 Å². The van der Waals surface area contributed by atoms with Crippen molar-refractivity contribution in [3.05, 3.63) is 36.1 Å². The second-order valence-electron chi connectivity index (χ2n) is 9.87. The van der Waals surface area contributed by atoms with Crippen molar-refractivity contribution in [1.29, 1.82) is 0 Å². The lowest BCUT2D eigenvalue weighted by atomic mass is 9.90. The first kappa shape index (κ1) is 20.9. The van der Waals surface area contributed by atoms with Crippen molar-refractivity contribution in [2.75, 3.05) is 20.1 Å². The van der Waals surface area contributed by atoms with Gasteiger partial charge in [-0.1, -0.05) is 18.2 Å². The summed E-state index contributed by atoms with van der Waals surface area (Å²) in [4.78, 5) is 29.7. The maximum absolute atomic E-state index is 12.7. The summed E-state index contributed by atoms with van der Waals surface area (Å²) in [6.45, 7) is 7.38. The molecule has 2 aliphatic rings. The average Bonchev–Trinajstić information content (AvgIpc) is 3.22. The largest absolute Gasteiger partial charge is 0.463 e. The van der Waals surface area contributed by atoms with Crippen molar-refractivity contribution >= 4 is 22.8 Å². The van der Waals surface area contributed by atoms with E-state index >= 15 is 0 Å². The number of carbonyl (C=O) groups excluding carboxylic acids is 2. The van der Waals surface area contributed by atoms with E-state index in [-0.39, 0.29) is 17.4 Å². The highest BCUT2D eigenvalue weighted by molar-refractivity contribution is 6.05. The maximum atomic E-state index is 12.7. The van der Waals surface area contributed by atoms with Crippen LogP contribution in [-0.2, 0) is 4.79 Å².